The summed E-state index contributed by atoms with van der Waals surface area (Å²) < 4.78 is 1.84. The molecule has 7 nitrogen and oxygen atoms in total. The van der Waals surface area contributed by atoms with Gasteiger partial charge in [0, 0.05) is 43.5 Å². The normalized spacial score (nSPS) is 15.2. The van der Waals surface area contributed by atoms with Gasteiger partial charge in [-0.2, -0.15) is 5.10 Å². The summed E-state index contributed by atoms with van der Waals surface area (Å²) in [5, 5.41) is 6.21. The number of aromatic nitrogens is 4. The minimum absolute atomic E-state index is 0.105. The third-order valence-electron chi connectivity index (χ3n) is 6.45. The Morgan fingerprint density at radius 3 is 2.66 bits per heavy atom. The minimum atomic E-state index is -0.568. The van der Waals surface area contributed by atoms with Crippen molar-refractivity contribution in [3.63, 3.8) is 0 Å². The summed E-state index contributed by atoms with van der Waals surface area (Å²) in [6.07, 6.45) is 4.50. The maximum absolute atomic E-state index is 13.0. The van der Waals surface area contributed by atoms with E-state index in [0.29, 0.717) is 36.5 Å². The summed E-state index contributed by atoms with van der Waals surface area (Å²) in [7, 11) is 0. The molecule has 2 aromatic heterocycles. The molecule has 1 amide bonds. The third kappa shape index (κ3) is 5.72. The highest BCUT2D eigenvalue weighted by Gasteiger charge is 2.32. The van der Waals surface area contributed by atoms with Crippen molar-refractivity contribution < 1.29 is 4.79 Å². The number of alkyl halides is 1. The van der Waals surface area contributed by atoms with E-state index < -0.39 is 5.41 Å². The zero-order valence-corrected chi connectivity index (χ0v) is 22.5. The SMILES string of the molecule is CC(C)CCc1nc(N2CCCN(C(=O)C(C)(C)CCl)CC2)c2cnn(-c3cccc(Cl)c3)c2n1. The third-order valence-corrected chi connectivity index (χ3v) is 7.35. The molecule has 9 heteroatoms. The van der Waals surface area contributed by atoms with Crippen LogP contribution >= 0.6 is 23.2 Å². The van der Waals surface area contributed by atoms with Gasteiger partial charge in [-0.15, -0.1) is 11.6 Å². The number of amides is 1. The fourth-order valence-corrected chi connectivity index (χ4v) is 4.62. The summed E-state index contributed by atoms with van der Waals surface area (Å²) in [6, 6.07) is 7.62. The molecule has 0 bridgehead atoms. The van der Waals surface area contributed by atoms with E-state index in [4.69, 9.17) is 33.2 Å². The molecule has 1 aliphatic rings. The van der Waals surface area contributed by atoms with Crippen molar-refractivity contribution in [2.24, 2.45) is 11.3 Å². The quantitative estimate of drug-likeness (QED) is 0.395. The van der Waals surface area contributed by atoms with Crippen molar-refractivity contribution in [3.8, 4) is 5.69 Å². The van der Waals surface area contributed by atoms with Crippen LogP contribution in [0, 0.1) is 11.3 Å². The second kappa shape index (κ2) is 10.7. The van der Waals surface area contributed by atoms with E-state index >= 15 is 0 Å². The Hall–Kier alpha value is -2.38. The van der Waals surface area contributed by atoms with Gasteiger partial charge in [-0.05, 0) is 50.8 Å². The molecule has 3 aromatic rings. The Bertz CT molecular complexity index is 1190. The lowest BCUT2D eigenvalue weighted by Crippen LogP contribution is -2.43. The number of carbonyl (C=O) groups excluding carboxylic acids is 1. The number of benzene rings is 1. The lowest BCUT2D eigenvalue weighted by molar-refractivity contribution is -0.139. The summed E-state index contributed by atoms with van der Waals surface area (Å²) in [4.78, 5) is 27.2. The standard InChI is InChI=1S/C26H34Cl2N6O/c1-18(2)9-10-22-30-23(32-11-6-12-33(14-13-32)25(35)26(3,4)17-27)21-16-29-34(24(21)31-22)20-8-5-7-19(28)15-20/h5,7-8,15-16,18H,6,9-14,17H2,1-4H3. The van der Waals surface area contributed by atoms with Crippen molar-refractivity contribution in [1.82, 2.24) is 24.6 Å². The van der Waals surface area contributed by atoms with Crippen molar-refractivity contribution in [1.29, 1.82) is 0 Å². The molecule has 0 N–H and O–H groups in total. The molecule has 1 fully saturated rings. The number of rotatable bonds is 7. The highest BCUT2D eigenvalue weighted by Crippen LogP contribution is 2.29. The zero-order chi connectivity index (χ0) is 25.2. The van der Waals surface area contributed by atoms with Gasteiger partial charge in [0.25, 0.3) is 0 Å². The van der Waals surface area contributed by atoms with Crippen LogP contribution in [0.15, 0.2) is 30.5 Å². The van der Waals surface area contributed by atoms with E-state index in [1.54, 1.807) is 0 Å². The Morgan fingerprint density at radius 1 is 1.14 bits per heavy atom. The molecule has 0 atom stereocenters. The van der Waals surface area contributed by atoms with E-state index in [1.165, 1.54) is 0 Å². The molecule has 188 valence electrons. The van der Waals surface area contributed by atoms with Crippen LogP contribution < -0.4 is 4.90 Å². The molecule has 0 aliphatic carbocycles. The van der Waals surface area contributed by atoms with Gasteiger partial charge in [0.2, 0.25) is 5.91 Å². The Balaban J connectivity index is 1.70. The topological polar surface area (TPSA) is 67.2 Å². The average Bonchev–Trinajstić information content (AvgIpc) is 3.11. The van der Waals surface area contributed by atoms with Gasteiger partial charge in [-0.25, -0.2) is 14.6 Å². The highest BCUT2D eigenvalue weighted by atomic mass is 35.5. The first kappa shape index (κ1) is 25.7. The average molecular weight is 518 g/mol. The molecule has 4 rings (SSSR count). The van der Waals surface area contributed by atoms with Crippen molar-refractivity contribution >= 4 is 46.0 Å². The largest absolute Gasteiger partial charge is 0.354 e. The molecule has 0 spiro atoms. The summed E-state index contributed by atoms with van der Waals surface area (Å²) >= 11 is 12.3. The lowest BCUT2D eigenvalue weighted by atomic mass is 9.94. The molecule has 0 unspecified atom stereocenters. The van der Waals surface area contributed by atoms with Gasteiger partial charge >= 0.3 is 0 Å². The molecule has 35 heavy (non-hydrogen) atoms. The first-order chi connectivity index (χ1) is 16.7. The van der Waals surface area contributed by atoms with Crippen LogP contribution in [-0.2, 0) is 11.2 Å². The molecule has 0 saturated carbocycles. The maximum atomic E-state index is 13.0. The van der Waals surface area contributed by atoms with E-state index in [1.807, 2.05) is 53.9 Å². The monoisotopic (exact) mass is 516 g/mol. The molecule has 3 heterocycles. The van der Waals surface area contributed by atoms with Crippen LogP contribution in [0.25, 0.3) is 16.7 Å². The fourth-order valence-electron chi connectivity index (χ4n) is 4.32. The van der Waals surface area contributed by atoms with E-state index in [0.717, 1.165) is 54.2 Å². The van der Waals surface area contributed by atoms with E-state index in [-0.39, 0.29) is 5.91 Å². The smallest absolute Gasteiger partial charge is 0.229 e. The molecular weight excluding hydrogens is 483 g/mol. The molecule has 0 radical (unpaired) electrons. The van der Waals surface area contributed by atoms with Gasteiger partial charge < -0.3 is 9.80 Å². The number of nitrogens with zero attached hydrogens (tertiary/aromatic N) is 6. The number of anilines is 1. The summed E-state index contributed by atoms with van der Waals surface area (Å²) in [5.74, 6) is 2.66. The van der Waals surface area contributed by atoms with Gasteiger partial charge in [0.05, 0.1) is 22.7 Å². The first-order valence-corrected chi connectivity index (χ1v) is 13.2. The summed E-state index contributed by atoms with van der Waals surface area (Å²) in [6.45, 7) is 11.1. The summed E-state index contributed by atoms with van der Waals surface area (Å²) in [5.41, 5.74) is 1.07. The zero-order valence-electron chi connectivity index (χ0n) is 21.0. The fraction of sp³-hybridized carbons (Fsp3) is 0.538. The number of aryl methyl sites for hydroxylation is 1. The van der Waals surface area contributed by atoms with Gasteiger partial charge in [0.1, 0.15) is 11.6 Å². The van der Waals surface area contributed by atoms with Crippen molar-refractivity contribution in [2.75, 3.05) is 37.0 Å². The second-order valence-corrected chi connectivity index (χ2v) is 11.0. The first-order valence-electron chi connectivity index (χ1n) is 12.3. The number of hydrogen-bond donors (Lipinski definition) is 0. The lowest BCUT2D eigenvalue weighted by Gasteiger charge is -2.30. The Morgan fingerprint density at radius 2 is 1.94 bits per heavy atom. The Kier molecular flexibility index (Phi) is 7.86. The van der Waals surface area contributed by atoms with Crippen molar-refractivity contribution in [3.05, 3.63) is 41.3 Å². The maximum Gasteiger partial charge on any atom is 0.229 e. The van der Waals surface area contributed by atoms with Gasteiger partial charge in [-0.1, -0.05) is 31.5 Å². The van der Waals surface area contributed by atoms with Crippen LogP contribution in [0.5, 0.6) is 0 Å². The van der Waals surface area contributed by atoms with Crippen LogP contribution in [-0.4, -0.2) is 62.6 Å². The minimum Gasteiger partial charge on any atom is -0.354 e. The van der Waals surface area contributed by atoms with Crippen LogP contribution in [0.2, 0.25) is 5.02 Å². The number of fused-ring (bicyclic) bond motifs is 1. The predicted molar refractivity (Wildman–Crippen MR) is 143 cm³/mol. The van der Waals surface area contributed by atoms with Gasteiger partial charge in [-0.3, -0.25) is 4.79 Å². The number of halogens is 2. The van der Waals surface area contributed by atoms with Gasteiger partial charge in [0.15, 0.2) is 5.65 Å². The molecule has 1 saturated heterocycles. The van der Waals surface area contributed by atoms with E-state index in [9.17, 15) is 4.79 Å². The predicted octanol–water partition coefficient (Wildman–Crippen LogP) is 5.36. The van der Waals surface area contributed by atoms with Crippen molar-refractivity contribution in [2.45, 2.75) is 47.0 Å². The molecule has 1 aliphatic heterocycles. The number of carbonyl (C=O) groups is 1. The number of hydrogen-bond acceptors (Lipinski definition) is 5. The van der Waals surface area contributed by atoms with E-state index in [2.05, 4.69) is 23.8 Å². The highest BCUT2D eigenvalue weighted by molar-refractivity contribution is 6.30. The van der Waals surface area contributed by atoms with Crippen LogP contribution in [0.1, 0.15) is 46.4 Å². The molecular formula is C26H34Cl2N6O. The van der Waals surface area contributed by atoms with Crippen LogP contribution in [0.4, 0.5) is 5.82 Å². The second-order valence-electron chi connectivity index (χ2n) is 10.3. The Labute approximate surface area is 217 Å². The molecule has 1 aromatic carbocycles. The van der Waals surface area contributed by atoms with Crippen LogP contribution in [0.3, 0.4) is 0 Å².